The number of hydrogen-bond donors (Lipinski definition) is 1. The van der Waals surface area contributed by atoms with Gasteiger partial charge in [0.2, 0.25) is 11.8 Å². The van der Waals surface area contributed by atoms with Crippen molar-refractivity contribution in [1.29, 1.82) is 0 Å². The molecule has 2 aromatic carbocycles. The molecule has 1 N–H and O–H groups in total. The van der Waals surface area contributed by atoms with Gasteiger partial charge in [-0.1, -0.05) is 29.4 Å². The number of carboxylic acids is 1. The Morgan fingerprint density at radius 3 is 2.44 bits per heavy atom. The van der Waals surface area contributed by atoms with Gasteiger partial charge in [0.25, 0.3) is 0 Å². The molecule has 0 aliphatic carbocycles. The maximum absolute atomic E-state index is 12.5. The highest BCUT2D eigenvalue weighted by molar-refractivity contribution is 7.99. The molecule has 7 nitrogen and oxygen atoms in total. The summed E-state index contributed by atoms with van der Waals surface area (Å²) in [6, 6.07) is 13.4. The van der Waals surface area contributed by atoms with E-state index in [2.05, 4.69) is 0 Å². The summed E-state index contributed by atoms with van der Waals surface area (Å²) in [4.78, 5) is 40.3. The van der Waals surface area contributed by atoms with Gasteiger partial charge in [-0.05, 0) is 48.0 Å². The predicted molar refractivity (Wildman–Crippen MR) is 133 cm³/mol. The van der Waals surface area contributed by atoms with Crippen molar-refractivity contribution in [1.82, 2.24) is 14.4 Å². The van der Waals surface area contributed by atoms with Crippen LogP contribution in [0.15, 0.2) is 64.5 Å². The third-order valence-electron chi connectivity index (χ3n) is 5.69. The van der Waals surface area contributed by atoms with Crippen molar-refractivity contribution in [3.05, 3.63) is 65.3 Å². The van der Waals surface area contributed by atoms with Crippen LogP contribution in [0.3, 0.4) is 0 Å². The number of fused-ring (bicyclic) bond motifs is 1. The van der Waals surface area contributed by atoms with Crippen LogP contribution in [0.1, 0.15) is 12.5 Å². The number of hydrogen-bond acceptors (Lipinski definition) is 4. The molecule has 2 heterocycles. The number of carbonyl (C=O) groups is 3. The lowest BCUT2D eigenvalue weighted by Gasteiger charge is -2.33. The first-order valence-electron chi connectivity index (χ1n) is 10.8. The Morgan fingerprint density at radius 1 is 1.03 bits per heavy atom. The van der Waals surface area contributed by atoms with E-state index in [1.165, 1.54) is 17.8 Å². The summed E-state index contributed by atoms with van der Waals surface area (Å²) in [5, 5.41) is 10.6. The lowest BCUT2D eigenvalue weighted by atomic mass is 10.2. The Balaban J connectivity index is 1.40. The molecule has 34 heavy (non-hydrogen) atoms. The Hall–Kier alpha value is -3.23. The number of nitrogens with zero attached hydrogens (tertiary/aromatic N) is 3. The number of aliphatic carboxylic acids is 1. The minimum Gasteiger partial charge on any atom is -0.480 e. The van der Waals surface area contributed by atoms with Gasteiger partial charge >= 0.3 is 5.97 Å². The van der Waals surface area contributed by atoms with Gasteiger partial charge < -0.3 is 19.5 Å². The minimum absolute atomic E-state index is 0.0340. The van der Waals surface area contributed by atoms with Gasteiger partial charge in [0.1, 0.15) is 6.54 Å². The molecule has 1 aliphatic heterocycles. The zero-order chi connectivity index (χ0) is 24.2. The van der Waals surface area contributed by atoms with Crippen molar-refractivity contribution in [3.63, 3.8) is 0 Å². The number of aromatic nitrogens is 1. The third-order valence-corrected chi connectivity index (χ3v) is 7.18. The number of amides is 2. The zero-order valence-electron chi connectivity index (χ0n) is 18.6. The number of carboxylic acid groups (broad SMARTS) is 1. The molecule has 0 saturated carbocycles. The van der Waals surface area contributed by atoms with Crippen molar-refractivity contribution < 1.29 is 19.5 Å². The van der Waals surface area contributed by atoms with E-state index in [1.807, 2.05) is 42.5 Å². The first-order valence-corrected chi connectivity index (χ1v) is 12.0. The van der Waals surface area contributed by atoms with Crippen molar-refractivity contribution >= 4 is 58.1 Å². The minimum atomic E-state index is -0.880. The monoisotopic (exact) mass is 497 g/mol. The van der Waals surface area contributed by atoms with Crippen molar-refractivity contribution in [3.8, 4) is 0 Å². The van der Waals surface area contributed by atoms with E-state index in [4.69, 9.17) is 16.7 Å². The molecule has 3 aromatic rings. The Labute approximate surface area is 206 Å². The van der Waals surface area contributed by atoms with E-state index >= 15 is 0 Å². The molecule has 176 valence electrons. The topological polar surface area (TPSA) is 82.9 Å². The summed E-state index contributed by atoms with van der Waals surface area (Å²) in [6.07, 6.45) is 5.06. The first-order chi connectivity index (χ1) is 16.3. The van der Waals surface area contributed by atoms with Crippen LogP contribution in [0.25, 0.3) is 17.0 Å². The van der Waals surface area contributed by atoms with E-state index in [0.717, 1.165) is 26.3 Å². The lowest BCUT2D eigenvalue weighted by Crippen LogP contribution is -2.49. The molecule has 2 amide bonds. The van der Waals surface area contributed by atoms with Gasteiger partial charge in [-0.3, -0.25) is 14.4 Å². The van der Waals surface area contributed by atoms with Crippen molar-refractivity contribution in [2.75, 3.05) is 26.2 Å². The van der Waals surface area contributed by atoms with Gasteiger partial charge in [-0.2, -0.15) is 0 Å². The van der Waals surface area contributed by atoms with Crippen LogP contribution in [0.4, 0.5) is 0 Å². The molecular weight excluding hydrogens is 474 g/mol. The maximum Gasteiger partial charge on any atom is 0.323 e. The average molecular weight is 498 g/mol. The highest BCUT2D eigenvalue weighted by Gasteiger charge is 2.20. The van der Waals surface area contributed by atoms with Gasteiger partial charge in [0, 0.05) is 66.1 Å². The molecule has 4 rings (SSSR count). The van der Waals surface area contributed by atoms with E-state index < -0.39 is 5.97 Å². The fourth-order valence-corrected chi connectivity index (χ4v) is 5.04. The SMILES string of the molecule is CC(=O)N1CCN(C(=O)/C=C/c2ccc(Sc3ccc4c(ccn4CC(=O)O)c3)c(Cl)c2)CC1. The smallest absolute Gasteiger partial charge is 0.323 e. The Bertz CT molecular complexity index is 1280. The van der Waals surface area contributed by atoms with Crippen LogP contribution in [0, 0.1) is 0 Å². The summed E-state index contributed by atoms with van der Waals surface area (Å²) in [5.41, 5.74) is 1.69. The van der Waals surface area contributed by atoms with Gasteiger partial charge in [0.05, 0.1) is 5.02 Å². The van der Waals surface area contributed by atoms with E-state index in [1.54, 1.807) is 33.6 Å². The number of halogens is 1. The second-order valence-corrected chi connectivity index (χ2v) is 9.54. The number of benzene rings is 2. The summed E-state index contributed by atoms with van der Waals surface area (Å²) in [7, 11) is 0. The molecule has 1 saturated heterocycles. The molecule has 1 fully saturated rings. The highest BCUT2D eigenvalue weighted by atomic mass is 35.5. The maximum atomic E-state index is 12.5. The second kappa shape index (κ2) is 10.4. The Kier molecular flexibility index (Phi) is 7.29. The summed E-state index contributed by atoms with van der Waals surface area (Å²) < 4.78 is 1.70. The molecule has 0 spiro atoms. The molecule has 1 aliphatic rings. The van der Waals surface area contributed by atoms with Gasteiger partial charge in [0.15, 0.2) is 0 Å². The predicted octanol–water partition coefficient (Wildman–Crippen LogP) is 4.23. The molecule has 0 radical (unpaired) electrons. The van der Waals surface area contributed by atoms with Crippen LogP contribution < -0.4 is 0 Å². The van der Waals surface area contributed by atoms with Crippen molar-refractivity contribution in [2.24, 2.45) is 0 Å². The largest absolute Gasteiger partial charge is 0.480 e. The highest BCUT2D eigenvalue weighted by Crippen LogP contribution is 2.35. The zero-order valence-corrected chi connectivity index (χ0v) is 20.2. The third kappa shape index (κ3) is 5.63. The Morgan fingerprint density at radius 2 is 1.76 bits per heavy atom. The molecule has 0 unspecified atom stereocenters. The fourth-order valence-electron chi connectivity index (χ4n) is 3.87. The van der Waals surface area contributed by atoms with Crippen LogP contribution in [0.2, 0.25) is 5.02 Å². The molecule has 1 aromatic heterocycles. The number of rotatable bonds is 6. The van der Waals surface area contributed by atoms with Crippen LogP contribution in [-0.2, 0) is 20.9 Å². The molecule has 9 heteroatoms. The number of piperazine rings is 1. The fraction of sp³-hybridized carbons (Fsp3) is 0.240. The summed E-state index contributed by atoms with van der Waals surface area (Å²) in [5.74, 6) is -0.929. The van der Waals surface area contributed by atoms with E-state index in [-0.39, 0.29) is 18.4 Å². The number of carbonyl (C=O) groups excluding carboxylic acids is 2. The quantitative estimate of drug-likeness (QED) is 0.515. The van der Waals surface area contributed by atoms with Gasteiger partial charge in [-0.25, -0.2) is 0 Å². The lowest BCUT2D eigenvalue weighted by molar-refractivity contribution is -0.137. The normalized spacial score (nSPS) is 14.2. The average Bonchev–Trinajstić information content (AvgIpc) is 3.20. The summed E-state index contributed by atoms with van der Waals surface area (Å²) in [6.45, 7) is 3.64. The van der Waals surface area contributed by atoms with E-state index in [0.29, 0.717) is 31.2 Å². The van der Waals surface area contributed by atoms with Gasteiger partial charge in [-0.15, -0.1) is 0 Å². The molecular formula is C25H24ClN3O4S. The van der Waals surface area contributed by atoms with Crippen molar-refractivity contribution in [2.45, 2.75) is 23.3 Å². The standard InChI is InChI=1S/C25H24ClN3O4S/c1-17(30)27-10-12-28(13-11-27)24(31)7-3-18-2-6-23(21(26)14-18)34-20-4-5-22-19(15-20)8-9-29(22)16-25(32)33/h2-9,14-15H,10-13,16H2,1H3,(H,32,33)/b7-3+. The van der Waals surface area contributed by atoms with Crippen LogP contribution in [-0.4, -0.2) is 63.4 Å². The second-order valence-electron chi connectivity index (χ2n) is 8.01. The first kappa shape index (κ1) is 23.9. The summed E-state index contributed by atoms with van der Waals surface area (Å²) >= 11 is 8.03. The van der Waals surface area contributed by atoms with Crippen LogP contribution in [0.5, 0.6) is 0 Å². The van der Waals surface area contributed by atoms with Crippen LogP contribution >= 0.6 is 23.4 Å². The van der Waals surface area contributed by atoms with E-state index in [9.17, 15) is 14.4 Å². The molecule has 0 atom stereocenters. The molecule has 0 bridgehead atoms.